The Kier molecular flexibility index (Phi) is 11.5. The summed E-state index contributed by atoms with van der Waals surface area (Å²) in [6.07, 6.45) is 0. The average Bonchev–Trinajstić information content (AvgIpc) is 3.02. The molecule has 0 bridgehead atoms. The van der Waals surface area contributed by atoms with Crippen LogP contribution < -0.4 is 17.1 Å². The summed E-state index contributed by atoms with van der Waals surface area (Å²) in [6.45, 7) is -2.39. The van der Waals surface area contributed by atoms with Crippen LogP contribution in [-0.4, -0.2) is 51.4 Å². The predicted molar refractivity (Wildman–Crippen MR) is 171 cm³/mol. The molecule has 0 atom stereocenters. The van der Waals surface area contributed by atoms with Crippen molar-refractivity contribution < 1.29 is 28.6 Å². The highest BCUT2D eigenvalue weighted by atomic mass is 32.1. The van der Waals surface area contributed by atoms with E-state index in [1.807, 2.05) is 0 Å². The van der Waals surface area contributed by atoms with Crippen molar-refractivity contribution in [3.63, 3.8) is 0 Å². The van der Waals surface area contributed by atoms with Crippen molar-refractivity contribution in [2.75, 3.05) is 19.8 Å². The van der Waals surface area contributed by atoms with Crippen molar-refractivity contribution >= 4 is 55.8 Å². The number of hydrogen-bond donors (Lipinski definition) is 3. The van der Waals surface area contributed by atoms with Crippen molar-refractivity contribution in [2.24, 2.45) is 0 Å². The summed E-state index contributed by atoms with van der Waals surface area (Å²) in [5, 5.41) is 0. The number of esters is 3. The minimum Gasteiger partial charge on any atom is -0.460 e. The Morgan fingerprint density at radius 3 is 0.956 bits per heavy atom. The zero-order valence-electron chi connectivity index (χ0n) is 23.5. The molecule has 0 aliphatic carbocycles. The molecule has 45 heavy (non-hydrogen) atoms. The normalized spacial score (nSPS) is 10.7. The number of carbonyl (C=O) groups is 3. The van der Waals surface area contributed by atoms with Crippen LogP contribution in [0.5, 0.6) is 0 Å². The fourth-order valence-corrected chi connectivity index (χ4v) is 4.87. The third kappa shape index (κ3) is 8.17. The van der Waals surface area contributed by atoms with E-state index in [-0.39, 0.29) is 16.7 Å². The number of rotatable bonds is 12. The van der Waals surface area contributed by atoms with Gasteiger partial charge in [-0.15, -0.1) is 37.9 Å². The molecule has 0 fully saturated rings. The van der Waals surface area contributed by atoms with Gasteiger partial charge in [-0.1, -0.05) is 36.4 Å². The molecule has 0 unspecified atom stereocenters. The van der Waals surface area contributed by atoms with E-state index in [4.69, 9.17) is 14.2 Å². The Morgan fingerprint density at radius 2 is 0.711 bits per heavy atom. The number of hydrogen-bond acceptors (Lipinski definition) is 12. The van der Waals surface area contributed by atoms with Crippen molar-refractivity contribution in [2.45, 2.75) is 34.3 Å². The van der Waals surface area contributed by atoms with E-state index in [2.05, 4.69) is 37.9 Å². The second-order valence-electron chi connectivity index (χ2n) is 9.26. The first-order valence-corrected chi connectivity index (χ1v) is 14.7. The molecule has 1 aromatic heterocycles. The molecule has 0 aliphatic rings. The maximum Gasteiger partial charge on any atom is 0.339 e. The van der Waals surface area contributed by atoms with Crippen molar-refractivity contribution in [1.29, 1.82) is 0 Å². The van der Waals surface area contributed by atoms with Gasteiger partial charge in [0, 0.05) is 14.7 Å². The van der Waals surface area contributed by atoms with E-state index in [0.717, 1.165) is 0 Å². The van der Waals surface area contributed by atoms with E-state index in [1.54, 1.807) is 54.6 Å². The zero-order valence-corrected chi connectivity index (χ0v) is 26.2. The minimum atomic E-state index is -1.02. The van der Waals surface area contributed by atoms with E-state index >= 15 is 0 Å². The van der Waals surface area contributed by atoms with Gasteiger partial charge in [-0.3, -0.25) is 0 Å². The molecule has 0 radical (unpaired) electrons. The van der Waals surface area contributed by atoms with Crippen LogP contribution in [0.3, 0.4) is 0 Å². The van der Waals surface area contributed by atoms with Crippen LogP contribution in [0.25, 0.3) is 0 Å². The molecule has 0 saturated heterocycles. The summed E-state index contributed by atoms with van der Waals surface area (Å²) in [6, 6.07) is 19.2. The monoisotopic (exact) mass is 669 g/mol. The molecule has 234 valence electrons. The Hall–Kier alpha value is -4.47. The fourth-order valence-electron chi connectivity index (χ4n) is 4.12. The number of aromatic nitrogens is 3. The highest BCUT2D eigenvalue weighted by Gasteiger charge is 2.19. The molecule has 4 aromatic rings. The molecule has 4 rings (SSSR count). The Morgan fingerprint density at radius 1 is 0.467 bits per heavy atom. The van der Waals surface area contributed by atoms with Crippen molar-refractivity contribution in [3.05, 3.63) is 121 Å². The van der Waals surface area contributed by atoms with Crippen LogP contribution in [0.4, 0.5) is 0 Å². The lowest BCUT2D eigenvalue weighted by Crippen LogP contribution is -2.55. The van der Waals surface area contributed by atoms with Gasteiger partial charge < -0.3 is 14.2 Å². The summed E-state index contributed by atoms with van der Waals surface area (Å²) < 4.78 is 17.8. The van der Waals surface area contributed by atoms with Gasteiger partial charge >= 0.3 is 35.0 Å². The number of ether oxygens (including phenoxy) is 3. The minimum absolute atomic E-state index is 0.185. The summed E-state index contributed by atoms with van der Waals surface area (Å²) in [5.41, 5.74) is -2.49. The smallest absolute Gasteiger partial charge is 0.339 e. The van der Waals surface area contributed by atoms with Gasteiger partial charge in [0.25, 0.3) is 0 Å². The van der Waals surface area contributed by atoms with Crippen LogP contribution in [0.2, 0.25) is 0 Å². The molecular weight excluding hydrogens is 643 g/mol. The van der Waals surface area contributed by atoms with E-state index in [9.17, 15) is 28.8 Å². The van der Waals surface area contributed by atoms with Gasteiger partial charge in [0.05, 0.1) is 36.3 Å². The summed E-state index contributed by atoms with van der Waals surface area (Å²) in [4.78, 5) is 78.5. The second-order valence-corrected chi connectivity index (χ2v) is 10.7. The molecular formula is C30H27N3O9S3. The molecule has 1 heterocycles. The first-order chi connectivity index (χ1) is 21.6. The lowest BCUT2D eigenvalue weighted by atomic mass is 10.2. The summed E-state index contributed by atoms with van der Waals surface area (Å²) >= 11 is 12.7. The highest BCUT2D eigenvalue weighted by Crippen LogP contribution is 2.15. The molecule has 0 saturated carbocycles. The summed E-state index contributed by atoms with van der Waals surface area (Å²) in [7, 11) is 0. The number of benzene rings is 3. The Bertz CT molecular complexity index is 1670. The van der Waals surface area contributed by atoms with Crippen LogP contribution in [0, 0.1) is 0 Å². The first-order valence-electron chi connectivity index (χ1n) is 13.4. The number of carbonyl (C=O) groups excluding carboxylic acids is 3. The van der Waals surface area contributed by atoms with Gasteiger partial charge in [0.2, 0.25) is 0 Å². The van der Waals surface area contributed by atoms with Crippen LogP contribution in [0.15, 0.2) is 102 Å². The number of thiol groups is 3. The fraction of sp³-hybridized carbons (Fsp3) is 0.200. The topological polar surface area (TPSA) is 145 Å². The average molecular weight is 670 g/mol. The highest BCUT2D eigenvalue weighted by molar-refractivity contribution is 7.80. The maximum atomic E-state index is 13.3. The molecule has 0 aliphatic heterocycles. The quantitative estimate of drug-likeness (QED) is 0.118. The van der Waals surface area contributed by atoms with Crippen molar-refractivity contribution in [1.82, 2.24) is 13.7 Å². The van der Waals surface area contributed by atoms with Crippen LogP contribution >= 0.6 is 37.9 Å². The largest absolute Gasteiger partial charge is 0.460 e. The van der Waals surface area contributed by atoms with E-state index in [0.29, 0.717) is 28.4 Å². The standard InChI is InChI=1S/C30H27N3O9S3/c34-25(19-7-1-4-10-22(19)43)40-16-13-31-28(37)32(14-17-41-26(35)20-8-2-5-11-23(20)44)30(39)33(29(31)38)15-18-42-27(36)21-9-3-6-12-24(21)45/h1-12,43-45H,13-18H2. The van der Waals surface area contributed by atoms with Crippen molar-refractivity contribution in [3.8, 4) is 0 Å². The van der Waals surface area contributed by atoms with Crippen LogP contribution in [0.1, 0.15) is 31.1 Å². The third-order valence-corrected chi connectivity index (χ3v) is 7.57. The molecule has 0 N–H and O–H groups in total. The van der Waals surface area contributed by atoms with Gasteiger partial charge in [-0.2, -0.15) is 0 Å². The molecule has 12 nitrogen and oxygen atoms in total. The molecule has 15 heteroatoms. The SMILES string of the molecule is O=C(OCCn1c(=O)n(CCOC(=O)c2ccccc2S)c(=O)n(CCOC(=O)c2ccccc2S)c1=O)c1ccccc1S. The first kappa shape index (κ1) is 33.4. The Balaban J connectivity index is 1.55. The summed E-state index contributed by atoms with van der Waals surface area (Å²) in [5.74, 6) is -2.18. The lowest BCUT2D eigenvalue weighted by molar-refractivity contribution is 0.0482. The number of nitrogens with zero attached hydrogens (tertiary/aromatic N) is 3. The molecule has 0 spiro atoms. The van der Waals surface area contributed by atoms with Gasteiger partial charge in [0.15, 0.2) is 0 Å². The lowest BCUT2D eigenvalue weighted by Gasteiger charge is -2.15. The predicted octanol–water partition coefficient (Wildman–Crippen LogP) is 2.61. The Labute approximate surface area is 272 Å². The van der Waals surface area contributed by atoms with Crippen LogP contribution in [-0.2, 0) is 33.8 Å². The van der Waals surface area contributed by atoms with Gasteiger partial charge in [-0.05, 0) is 36.4 Å². The molecule has 0 amide bonds. The molecule has 3 aromatic carbocycles. The maximum absolute atomic E-state index is 13.3. The third-order valence-electron chi connectivity index (χ3n) is 6.40. The van der Waals surface area contributed by atoms with E-state index in [1.165, 1.54) is 18.2 Å². The van der Waals surface area contributed by atoms with Gasteiger partial charge in [0.1, 0.15) is 19.8 Å². The zero-order chi connectivity index (χ0) is 32.5. The second kappa shape index (κ2) is 15.5. The van der Waals surface area contributed by atoms with Gasteiger partial charge in [-0.25, -0.2) is 42.5 Å². The van der Waals surface area contributed by atoms with E-state index < -0.39 is 74.4 Å².